The van der Waals surface area contributed by atoms with Crippen LogP contribution in [0.2, 0.25) is 0 Å². The van der Waals surface area contributed by atoms with Crippen molar-refractivity contribution in [2.45, 2.75) is 90.1 Å². The highest BCUT2D eigenvalue weighted by Crippen LogP contribution is 2.21. The van der Waals surface area contributed by atoms with Crippen LogP contribution in [-0.4, -0.2) is 41.5 Å². The molecule has 0 saturated carbocycles. The number of ketones is 1. The predicted molar refractivity (Wildman–Crippen MR) is 107 cm³/mol. The second kappa shape index (κ2) is 13.3. The largest absolute Gasteiger partial charge is 0.391 e. The van der Waals surface area contributed by atoms with Gasteiger partial charge in [-0.05, 0) is 45.6 Å². The molecule has 0 radical (unpaired) electrons. The molecule has 0 amide bonds. The molecule has 0 bridgehead atoms. The number of aliphatic hydroxyl groups excluding tert-OH is 1. The Morgan fingerprint density at radius 2 is 1.80 bits per heavy atom. The van der Waals surface area contributed by atoms with E-state index in [2.05, 4.69) is 0 Å². The number of Topliss-reactive ketones (excluding diaryl/α,β-unsaturated/α-hetero) is 1. The Balaban J connectivity index is 2.70. The molecule has 1 unspecified atom stereocenters. The van der Waals surface area contributed by atoms with Crippen LogP contribution in [-0.2, 0) is 4.79 Å². The number of carbonyl (C=O) groups excluding carboxylic acids is 1. The summed E-state index contributed by atoms with van der Waals surface area (Å²) in [6.45, 7) is 0.708. The van der Waals surface area contributed by atoms with E-state index < -0.39 is 19.0 Å². The first-order valence-electron chi connectivity index (χ1n) is 11.5. The Bertz CT molecular complexity index is 503. The van der Waals surface area contributed by atoms with E-state index in [9.17, 15) is 9.90 Å². The molecule has 1 N–H and O–H groups in total. The third-order valence-corrected chi connectivity index (χ3v) is 5.25. The summed E-state index contributed by atoms with van der Waals surface area (Å²) >= 11 is 0. The van der Waals surface area contributed by atoms with E-state index in [-0.39, 0.29) is 11.7 Å². The minimum atomic E-state index is -2.07. The highest BCUT2D eigenvalue weighted by molar-refractivity contribution is 5.84. The second-order valence-electron chi connectivity index (χ2n) is 7.46. The SMILES string of the molecule is [2H]C([2H])([2H])C=CC=CC[C@@H](C)C(O)[C@H]1C(=O)CCCCCCCCCCN1C. The average Bonchev–Trinajstić information content (AvgIpc) is 2.62. The molecule has 3 heteroatoms. The quantitative estimate of drug-likeness (QED) is 0.715. The molecule has 0 spiro atoms. The lowest BCUT2D eigenvalue weighted by Crippen LogP contribution is -2.49. The molecule has 1 aliphatic heterocycles. The standard InChI is InChI=1S/C22H39NO2/c1-4-5-6-13-16-19(2)22(25)21-20(24)17-14-11-9-7-8-10-12-15-18-23(21)3/h4-6,13,19,21-22,25H,7-12,14-18H2,1-3H3/t19-,21-,22?/m1/s1/i1D3. The fraction of sp³-hybridized carbons (Fsp3) is 0.773. The fourth-order valence-electron chi connectivity index (χ4n) is 3.58. The molecule has 0 aromatic rings. The van der Waals surface area contributed by atoms with Crippen LogP contribution in [0.25, 0.3) is 0 Å². The summed E-state index contributed by atoms with van der Waals surface area (Å²) in [6, 6.07) is -0.456. The van der Waals surface area contributed by atoms with E-state index in [0.717, 1.165) is 25.8 Å². The Morgan fingerprint density at radius 3 is 2.48 bits per heavy atom. The van der Waals surface area contributed by atoms with E-state index in [1.807, 2.05) is 24.9 Å². The van der Waals surface area contributed by atoms with Crippen LogP contribution >= 0.6 is 0 Å². The number of rotatable bonds is 5. The third kappa shape index (κ3) is 8.82. The van der Waals surface area contributed by atoms with Crippen LogP contribution in [0, 0.1) is 5.92 Å². The molecule has 1 heterocycles. The minimum Gasteiger partial charge on any atom is -0.391 e. The van der Waals surface area contributed by atoms with Crippen molar-refractivity contribution in [3.63, 3.8) is 0 Å². The van der Waals surface area contributed by atoms with Gasteiger partial charge in [-0.25, -0.2) is 0 Å². The Kier molecular flexibility index (Phi) is 9.30. The topological polar surface area (TPSA) is 40.5 Å². The van der Waals surface area contributed by atoms with E-state index >= 15 is 0 Å². The molecule has 1 rings (SSSR count). The van der Waals surface area contributed by atoms with Crippen LogP contribution in [0.15, 0.2) is 24.3 Å². The lowest BCUT2D eigenvalue weighted by atomic mass is 9.89. The summed E-state index contributed by atoms with van der Waals surface area (Å²) in [4.78, 5) is 14.9. The Morgan fingerprint density at radius 1 is 1.16 bits per heavy atom. The second-order valence-corrected chi connectivity index (χ2v) is 7.46. The lowest BCUT2D eigenvalue weighted by Gasteiger charge is -2.33. The van der Waals surface area contributed by atoms with Gasteiger partial charge >= 0.3 is 0 Å². The molecule has 3 nitrogen and oxygen atoms in total. The first-order valence-corrected chi connectivity index (χ1v) is 9.98. The van der Waals surface area contributed by atoms with E-state index in [4.69, 9.17) is 4.11 Å². The number of hydrogen-bond donors (Lipinski definition) is 1. The maximum Gasteiger partial charge on any atom is 0.152 e. The van der Waals surface area contributed by atoms with Crippen LogP contribution in [0.4, 0.5) is 0 Å². The van der Waals surface area contributed by atoms with Crippen molar-refractivity contribution in [1.29, 1.82) is 0 Å². The van der Waals surface area contributed by atoms with Crippen molar-refractivity contribution in [2.75, 3.05) is 13.6 Å². The van der Waals surface area contributed by atoms with Crippen molar-refractivity contribution >= 4 is 5.78 Å². The van der Waals surface area contributed by atoms with E-state index in [1.54, 1.807) is 6.08 Å². The van der Waals surface area contributed by atoms with Crippen molar-refractivity contribution in [1.82, 2.24) is 4.90 Å². The molecule has 3 atom stereocenters. The average molecular weight is 353 g/mol. The molecule has 0 aromatic carbocycles. The van der Waals surface area contributed by atoms with Gasteiger partial charge in [0.2, 0.25) is 0 Å². The summed E-state index contributed by atoms with van der Waals surface area (Å²) in [5.74, 6) is 0.0665. The van der Waals surface area contributed by atoms with Crippen LogP contribution < -0.4 is 0 Å². The molecule has 1 fully saturated rings. The monoisotopic (exact) mass is 352 g/mol. The molecule has 144 valence electrons. The van der Waals surface area contributed by atoms with Gasteiger partial charge in [-0.2, -0.15) is 0 Å². The van der Waals surface area contributed by atoms with Gasteiger partial charge in [-0.1, -0.05) is 69.8 Å². The number of carbonyl (C=O) groups is 1. The number of allylic oxidation sites excluding steroid dienone is 4. The molecule has 0 aliphatic carbocycles. The Labute approximate surface area is 159 Å². The normalized spacial score (nSPS) is 27.7. The molecule has 1 saturated heterocycles. The summed E-state index contributed by atoms with van der Waals surface area (Å²) in [5.41, 5.74) is 0. The minimum absolute atomic E-state index is 0.0792. The summed E-state index contributed by atoms with van der Waals surface area (Å²) in [7, 11) is 1.95. The van der Waals surface area contributed by atoms with Crippen molar-refractivity contribution in [3.05, 3.63) is 24.3 Å². The smallest absolute Gasteiger partial charge is 0.152 e. The zero-order chi connectivity index (χ0) is 21.0. The van der Waals surface area contributed by atoms with Crippen molar-refractivity contribution in [2.24, 2.45) is 5.92 Å². The summed E-state index contributed by atoms with van der Waals surface area (Å²) < 4.78 is 21.4. The van der Waals surface area contributed by atoms with Crippen LogP contribution in [0.5, 0.6) is 0 Å². The zero-order valence-electron chi connectivity index (χ0n) is 19.1. The molecular weight excluding hydrogens is 310 g/mol. The predicted octanol–water partition coefficient (Wildman–Crippen LogP) is 4.90. The molecular formula is C22H39NO2. The molecule has 0 aromatic heterocycles. The van der Waals surface area contributed by atoms with Gasteiger partial charge in [0, 0.05) is 10.5 Å². The molecule has 25 heavy (non-hydrogen) atoms. The lowest BCUT2D eigenvalue weighted by molar-refractivity contribution is -0.129. The first kappa shape index (κ1) is 17.5. The fourth-order valence-corrected chi connectivity index (χ4v) is 3.58. The van der Waals surface area contributed by atoms with Crippen LogP contribution in [0.1, 0.15) is 82.1 Å². The number of aliphatic hydroxyl groups is 1. The summed E-state index contributed by atoms with van der Waals surface area (Å²) in [5, 5.41) is 10.9. The van der Waals surface area contributed by atoms with Crippen molar-refractivity contribution < 1.29 is 14.0 Å². The highest BCUT2D eigenvalue weighted by atomic mass is 16.3. The van der Waals surface area contributed by atoms with E-state index in [1.165, 1.54) is 44.3 Å². The van der Waals surface area contributed by atoms with E-state index in [0.29, 0.717) is 12.8 Å². The first-order chi connectivity index (χ1) is 13.2. The van der Waals surface area contributed by atoms with Gasteiger partial charge < -0.3 is 5.11 Å². The third-order valence-electron chi connectivity index (χ3n) is 5.25. The van der Waals surface area contributed by atoms with Gasteiger partial charge in [0.15, 0.2) is 5.78 Å². The zero-order valence-corrected chi connectivity index (χ0v) is 16.1. The molecule has 1 aliphatic rings. The van der Waals surface area contributed by atoms with Gasteiger partial charge in [-0.3, -0.25) is 9.69 Å². The van der Waals surface area contributed by atoms with Gasteiger partial charge in [0.25, 0.3) is 0 Å². The van der Waals surface area contributed by atoms with Gasteiger partial charge in [0.05, 0.1) is 12.1 Å². The van der Waals surface area contributed by atoms with Crippen molar-refractivity contribution in [3.8, 4) is 0 Å². The van der Waals surface area contributed by atoms with Crippen LogP contribution in [0.3, 0.4) is 0 Å². The maximum atomic E-state index is 12.9. The number of hydrogen-bond acceptors (Lipinski definition) is 3. The Hall–Kier alpha value is -0.930. The van der Waals surface area contributed by atoms with Gasteiger partial charge in [0.1, 0.15) is 0 Å². The number of likely N-dealkylation sites (N-methyl/N-ethyl adjacent to an activating group) is 1. The summed E-state index contributed by atoms with van der Waals surface area (Å²) in [6.07, 6.45) is 15.9. The highest BCUT2D eigenvalue weighted by Gasteiger charge is 2.32. The number of nitrogens with zero attached hydrogens (tertiary/aromatic N) is 1. The maximum absolute atomic E-state index is 12.9. The van der Waals surface area contributed by atoms with Gasteiger partial charge in [-0.15, -0.1) is 0 Å².